The zero-order valence-electron chi connectivity index (χ0n) is 11.5. The molecule has 1 fully saturated rings. The van der Waals surface area contributed by atoms with Gasteiger partial charge in [0.2, 0.25) is 5.91 Å². The Bertz CT molecular complexity index is 574. The highest BCUT2D eigenvalue weighted by molar-refractivity contribution is 6.33. The molecule has 5 nitrogen and oxygen atoms in total. The van der Waals surface area contributed by atoms with Crippen molar-refractivity contribution < 1.29 is 9.90 Å². The quantitative estimate of drug-likeness (QED) is 0.774. The number of nitrogens with one attached hydrogen (secondary N) is 2. The molecule has 3 rings (SSSR count). The number of hydrogen-bond donors (Lipinski definition) is 3. The average molecular weight is 296 g/mol. The average Bonchev–Trinajstić information content (AvgIpc) is 2.87. The maximum absolute atomic E-state index is 11.8. The van der Waals surface area contributed by atoms with Crippen molar-refractivity contribution in [2.24, 2.45) is 0 Å². The summed E-state index contributed by atoms with van der Waals surface area (Å²) in [5.41, 5.74) is 1.84. The zero-order valence-corrected chi connectivity index (χ0v) is 12.3. The van der Waals surface area contributed by atoms with Crippen LogP contribution >= 0.6 is 11.6 Å². The summed E-state index contributed by atoms with van der Waals surface area (Å²) in [6.07, 6.45) is 0.714. The fraction of sp³-hybridized carbons (Fsp3) is 0.500. The van der Waals surface area contributed by atoms with Crippen LogP contribution in [0.5, 0.6) is 0 Å². The Hall–Kier alpha value is -1.30. The molecule has 1 aromatic rings. The molecule has 2 heterocycles. The first-order chi connectivity index (χ1) is 9.41. The van der Waals surface area contributed by atoms with Crippen LogP contribution < -0.4 is 15.5 Å². The summed E-state index contributed by atoms with van der Waals surface area (Å²) in [4.78, 5) is 13.9. The molecule has 1 amide bonds. The minimum absolute atomic E-state index is 0.0656. The van der Waals surface area contributed by atoms with Crippen LogP contribution in [-0.2, 0) is 4.79 Å². The molecule has 1 aromatic carbocycles. The number of carbonyl (C=O) groups excluding carboxylic acids is 1. The van der Waals surface area contributed by atoms with E-state index in [-0.39, 0.29) is 11.9 Å². The van der Waals surface area contributed by atoms with Gasteiger partial charge < -0.3 is 20.6 Å². The summed E-state index contributed by atoms with van der Waals surface area (Å²) in [5.74, 6) is -0.0656. The monoisotopic (exact) mass is 295 g/mol. The van der Waals surface area contributed by atoms with Crippen LogP contribution in [0.3, 0.4) is 0 Å². The second-order valence-electron chi connectivity index (χ2n) is 5.77. The van der Waals surface area contributed by atoms with Crippen LogP contribution in [0.4, 0.5) is 11.4 Å². The maximum atomic E-state index is 11.8. The highest BCUT2D eigenvalue weighted by Gasteiger charge is 2.35. The zero-order chi connectivity index (χ0) is 14.5. The predicted molar refractivity (Wildman–Crippen MR) is 79.3 cm³/mol. The molecule has 3 N–H and O–H groups in total. The molecular weight excluding hydrogens is 278 g/mol. The predicted octanol–water partition coefficient (Wildman–Crippen LogP) is 1.51. The number of likely N-dealkylation sites (N-methyl/N-ethyl adjacent to an activating group) is 1. The highest BCUT2D eigenvalue weighted by atomic mass is 35.5. The number of halogens is 1. The molecule has 0 bridgehead atoms. The van der Waals surface area contributed by atoms with Crippen LogP contribution in [0.2, 0.25) is 5.02 Å². The van der Waals surface area contributed by atoms with Crippen molar-refractivity contribution >= 4 is 28.9 Å². The molecule has 0 saturated carbocycles. The molecule has 0 radical (unpaired) electrons. The van der Waals surface area contributed by atoms with Gasteiger partial charge in [0.1, 0.15) is 6.04 Å². The lowest BCUT2D eigenvalue weighted by atomic mass is 10.1. The molecule has 20 heavy (non-hydrogen) atoms. The number of nitrogens with zero attached hydrogens (tertiary/aromatic N) is 1. The standard InChI is InChI=1S/C14H18ClN3O2/c1-14(20)3-4-18(7-14)11-6-10-8(5-9(11)15)12(16-2)13(19)17-10/h5-6,12,16,20H,3-4,7H2,1-2H3,(H,17,19). The van der Waals surface area contributed by atoms with E-state index in [9.17, 15) is 9.90 Å². The first-order valence-corrected chi connectivity index (χ1v) is 7.08. The van der Waals surface area contributed by atoms with Gasteiger partial charge in [-0.25, -0.2) is 0 Å². The number of aliphatic hydroxyl groups is 1. The van der Waals surface area contributed by atoms with E-state index in [1.54, 1.807) is 7.05 Å². The van der Waals surface area contributed by atoms with Crippen molar-refractivity contribution in [1.82, 2.24) is 5.32 Å². The van der Waals surface area contributed by atoms with Crippen molar-refractivity contribution in [1.29, 1.82) is 0 Å². The van der Waals surface area contributed by atoms with Crippen molar-refractivity contribution in [3.8, 4) is 0 Å². The molecule has 0 aromatic heterocycles. The fourth-order valence-corrected chi connectivity index (χ4v) is 3.24. The van der Waals surface area contributed by atoms with E-state index in [1.807, 2.05) is 19.1 Å². The number of carbonyl (C=O) groups is 1. The number of β-amino-alcohol motifs (C(OH)–C–C–N with tert-alkyl or cyclic N) is 1. The van der Waals surface area contributed by atoms with Crippen LogP contribution in [0.15, 0.2) is 12.1 Å². The number of hydrogen-bond acceptors (Lipinski definition) is 4. The van der Waals surface area contributed by atoms with Crippen molar-refractivity contribution in [2.45, 2.75) is 25.0 Å². The summed E-state index contributed by atoms with van der Waals surface area (Å²) in [6, 6.07) is 3.38. The third-order valence-electron chi connectivity index (χ3n) is 4.03. The summed E-state index contributed by atoms with van der Waals surface area (Å²) in [6.45, 7) is 3.14. The van der Waals surface area contributed by atoms with Crippen molar-refractivity contribution in [3.63, 3.8) is 0 Å². The van der Waals surface area contributed by atoms with Crippen LogP contribution in [0, 0.1) is 0 Å². The molecule has 2 atom stereocenters. The minimum atomic E-state index is -0.681. The van der Waals surface area contributed by atoms with E-state index in [0.29, 0.717) is 18.0 Å². The van der Waals surface area contributed by atoms with E-state index in [4.69, 9.17) is 11.6 Å². The Morgan fingerprint density at radius 1 is 1.55 bits per heavy atom. The van der Waals surface area contributed by atoms with Gasteiger partial charge in [0.15, 0.2) is 0 Å². The molecule has 6 heteroatoms. The Kier molecular flexibility index (Phi) is 3.16. The number of amides is 1. The van der Waals surface area contributed by atoms with Gasteiger partial charge in [-0.1, -0.05) is 11.6 Å². The van der Waals surface area contributed by atoms with Gasteiger partial charge in [0.05, 0.1) is 16.3 Å². The lowest BCUT2D eigenvalue weighted by Crippen LogP contribution is -2.29. The maximum Gasteiger partial charge on any atom is 0.246 e. The Balaban J connectivity index is 1.96. The van der Waals surface area contributed by atoms with Gasteiger partial charge in [-0.05, 0) is 32.5 Å². The summed E-state index contributed by atoms with van der Waals surface area (Å²) >= 11 is 6.36. The van der Waals surface area contributed by atoms with Gasteiger partial charge in [-0.15, -0.1) is 0 Å². The number of anilines is 2. The number of fused-ring (bicyclic) bond motifs is 1. The first-order valence-electron chi connectivity index (χ1n) is 6.70. The second kappa shape index (κ2) is 4.62. The molecule has 1 saturated heterocycles. The third-order valence-corrected chi connectivity index (χ3v) is 4.33. The molecule has 108 valence electrons. The normalized spacial score (nSPS) is 28.7. The van der Waals surface area contributed by atoms with E-state index in [1.165, 1.54) is 0 Å². The SMILES string of the molecule is CNC1C(=O)Nc2cc(N3CCC(C)(O)C3)c(Cl)cc21. The topological polar surface area (TPSA) is 64.6 Å². The van der Waals surface area contributed by atoms with Crippen LogP contribution in [0.1, 0.15) is 24.9 Å². The molecule has 2 unspecified atom stereocenters. The number of rotatable bonds is 2. The van der Waals surface area contributed by atoms with E-state index < -0.39 is 5.60 Å². The van der Waals surface area contributed by atoms with Gasteiger partial charge >= 0.3 is 0 Å². The van der Waals surface area contributed by atoms with E-state index in [2.05, 4.69) is 15.5 Å². The smallest absolute Gasteiger partial charge is 0.246 e. The number of benzene rings is 1. The third kappa shape index (κ3) is 2.16. The lowest BCUT2D eigenvalue weighted by Gasteiger charge is -2.23. The highest BCUT2D eigenvalue weighted by Crippen LogP contribution is 2.40. The van der Waals surface area contributed by atoms with Crippen LogP contribution in [0.25, 0.3) is 0 Å². The lowest BCUT2D eigenvalue weighted by molar-refractivity contribution is -0.117. The molecule has 0 spiro atoms. The Morgan fingerprint density at radius 3 is 2.90 bits per heavy atom. The molecule has 0 aliphatic carbocycles. The first kappa shape index (κ1) is 13.7. The van der Waals surface area contributed by atoms with Gasteiger partial charge in [0.25, 0.3) is 0 Å². The summed E-state index contributed by atoms with van der Waals surface area (Å²) in [5, 5.41) is 16.5. The van der Waals surface area contributed by atoms with Gasteiger partial charge in [-0.3, -0.25) is 4.79 Å². The van der Waals surface area contributed by atoms with Crippen molar-refractivity contribution in [2.75, 3.05) is 30.4 Å². The van der Waals surface area contributed by atoms with E-state index >= 15 is 0 Å². The molecule has 2 aliphatic rings. The molecular formula is C14H18ClN3O2. The Labute approximate surface area is 122 Å². The van der Waals surface area contributed by atoms with Crippen molar-refractivity contribution in [3.05, 3.63) is 22.7 Å². The minimum Gasteiger partial charge on any atom is -0.388 e. The van der Waals surface area contributed by atoms with Gasteiger partial charge in [0, 0.05) is 24.3 Å². The summed E-state index contributed by atoms with van der Waals surface area (Å²) < 4.78 is 0. The van der Waals surface area contributed by atoms with E-state index in [0.717, 1.165) is 23.5 Å². The fourth-order valence-electron chi connectivity index (χ4n) is 2.95. The second-order valence-corrected chi connectivity index (χ2v) is 6.18. The molecule has 2 aliphatic heterocycles. The summed E-state index contributed by atoms with van der Waals surface area (Å²) in [7, 11) is 1.75. The Morgan fingerprint density at radius 2 is 2.30 bits per heavy atom. The largest absolute Gasteiger partial charge is 0.388 e. The van der Waals surface area contributed by atoms with Crippen LogP contribution in [-0.4, -0.2) is 36.8 Å². The van der Waals surface area contributed by atoms with Gasteiger partial charge in [-0.2, -0.15) is 0 Å².